The van der Waals surface area contributed by atoms with Gasteiger partial charge in [-0.2, -0.15) is 0 Å². The molecule has 7 heteroatoms. The van der Waals surface area contributed by atoms with E-state index in [-0.39, 0.29) is 17.2 Å². The average molecular weight is 408 g/mol. The van der Waals surface area contributed by atoms with Crippen molar-refractivity contribution >= 4 is 23.4 Å². The largest absolute Gasteiger partial charge is 0.325 e. The van der Waals surface area contributed by atoms with Crippen LogP contribution in [0.2, 0.25) is 0 Å². The number of nitrogens with one attached hydrogen (secondary N) is 2. The fraction of sp³-hybridized carbons (Fsp3) is 0.318. The van der Waals surface area contributed by atoms with Gasteiger partial charge < -0.3 is 10.7 Å². The second-order valence-corrected chi connectivity index (χ2v) is 8.29. The van der Waals surface area contributed by atoms with Gasteiger partial charge in [0.05, 0.1) is 6.04 Å². The Balaban J connectivity index is 1.63. The van der Waals surface area contributed by atoms with Crippen LogP contribution in [-0.4, -0.2) is 26.0 Å². The van der Waals surface area contributed by atoms with E-state index in [1.165, 1.54) is 22.9 Å². The molecule has 0 spiro atoms. The summed E-state index contributed by atoms with van der Waals surface area (Å²) in [7, 11) is 0. The normalized spacial score (nSPS) is 18.0. The smallest absolute Gasteiger partial charge is 0.240 e. The van der Waals surface area contributed by atoms with E-state index in [1.54, 1.807) is 0 Å². The van der Waals surface area contributed by atoms with Crippen LogP contribution in [0.15, 0.2) is 53.7 Å². The van der Waals surface area contributed by atoms with E-state index >= 15 is 0 Å². The number of amides is 1. The maximum absolute atomic E-state index is 13.2. The van der Waals surface area contributed by atoms with Crippen LogP contribution >= 0.6 is 11.8 Å². The summed E-state index contributed by atoms with van der Waals surface area (Å²) in [4.78, 5) is 13.2. The van der Waals surface area contributed by atoms with E-state index in [9.17, 15) is 4.79 Å². The van der Waals surface area contributed by atoms with Crippen molar-refractivity contribution in [3.8, 4) is 0 Å². The fourth-order valence-corrected chi connectivity index (χ4v) is 4.49. The number of carbonyl (C=O) groups is 1. The number of aryl methyl sites for hydroxylation is 3. The predicted octanol–water partition coefficient (Wildman–Crippen LogP) is 4.11. The fourth-order valence-electron chi connectivity index (χ4n) is 3.39. The maximum atomic E-state index is 13.2. The zero-order chi connectivity index (χ0) is 20.4. The number of carbonyl (C=O) groups excluding carboxylic acids is 1. The number of hydrogen-bond donors (Lipinski definition) is 2. The van der Waals surface area contributed by atoms with E-state index in [1.807, 2.05) is 35.9 Å². The number of aromatic nitrogens is 3. The molecule has 150 valence electrons. The van der Waals surface area contributed by atoms with Crippen LogP contribution in [0.1, 0.15) is 42.4 Å². The molecule has 0 fully saturated rings. The molecule has 4 rings (SSSR count). The van der Waals surface area contributed by atoms with Gasteiger partial charge in [0.2, 0.25) is 11.1 Å². The van der Waals surface area contributed by atoms with Crippen molar-refractivity contribution in [2.45, 2.75) is 50.1 Å². The molecule has 2 heterocycles. The molecule has 2 atom stereocenters. The van der Waals surface area contributed by atoms with Gasteiger partial charge >= 0.3 is 0 Å². The van der Waals surface area contributed by atoms with E-state index < -0.39 is 0 Å². The molecule has 0 aliphatic carbocycles. The monoisotopic (exact) mass is 407 g/mol. The molecule has 29 heavy (non-hydrogen) atoms. The van der Waals surface area contributed by atoms with Crippen molar-refractivity contribution < 1.29 is 4.79 Å². The second-order valence-electron chi connectivity index (χ2n) is 7.18. The molecule has 6 nitrogen and oxygen atoms in total. The highest BCUT2D eigenvalue weighted by Gasteiger charge is 2.37. The summed E-state index contributed by atoms with van der Waals surface area (Å²) in [5, 5.41) is 11.9. The van der Waals surface area contributed by atoms with Crippen LogP contribution in [0.25, 0.3) is 0 Å². The molecule has 2 N–H and O–H groups in total. The predicted molar refractivity (Wildman–Crippen MR) is 117 cm³/mol. The third-order valence-electron chi connectivity index (χ3n) is 5.14. The molecular formula is C22H25N5OS. The quantitative estimate of drug-likeness (QED) is 0.666. The van der Waals surface area contributed by atoms with E-state index in [4.69, 9.17) is 0 Å². The van der Waals surface area contributed by atoms with E-state index in [0.717, 1.165) is 29.9 Å². The highest BCUT2D eigenvalue weighted by molar-refractivity contribution is 8.00. The van der Waals surface area contributed by atoms with Gasteiger partial charge in [0.25, 0.3) is 0 Å². The minimum absolute atomic E-state index is 0.0513. The lowest BCUT2D eigenvalue weighted by Crippen LogP contribution is -2.41. The van der Waals surface area contributed by atoms with Crippen LogP contribution in [0.4, 0.5) is 5.69 Å². The molecule has 1 amide bonds. The minimum Gasteiger partial charge on any atom is -0.325 e. The molecular weight excluding hydrogens is 382 g/mol. The van der Waals surface area contributed by atoms with Gasteiger partial charge in [-0.25, -0.2) is 4.68 Å². The molecule has 1 aromatic heterocycles. The number of anilines is 1. The lowest BCUT2D eigenvalue weighted by atomic mass is 10.0. The summed E-state index contributed by atoms with van der Waals surface area (Å²) in [5.74, 6) is 0.809. The Morgan fingerprint density at radius 1 is 1.07 bits per heavy atom. The Bertz CT molecular complexity index is 997. The Morgan fingerprint density at radius 2 is 1.79 bits per heavy atom. The summed E-state index contributed by atoms with van der Waals surface area (Å²) in [6.45, 7) is 6.22. The summed E-state index contributed by atoms with van der Waals surface area (Å²) in [6.07, 6.45) is 1.74. The summed E-state index contributed by atoms with van der Waals surface area (Å²) in [6, 6.07) is 16.1. The van der Waals surface area contributed by atoms with Gasteiger partial charge in [-0.05, 0) is 36.6 Å². The zero-order valence-corrected chi connectivity index (χ0v) is 17.7. The summed E-state index contributed by atoms with van der Waals surface area (Å²) >= 11 is 1.45. The average Bonchev–Trinajstić information content (AvgIpc) is 3.16. The Hall–Kier alpha value is -2.80. The van der Waals surface area contributed by atoms with Crippen LogP contribution < -0.4 is 10.7 Å². The van der Waals surface area contributed by atoms with Crippen molar-refractivity contribution in [1.29, 1.82) is 0 Å². The molecule has 0 bridgehead atoms. The molecule has 3 aromatic rings. The lowest BCUT2D eigenvalue weighted by Gasteiger charge is -2.33. The maximum Gasteiger partial charge on any atom is 0.240 e. The Labute approximate surface area is 175 Å². The first-order valence-electron chi connectivity index (χ1n) is 9.93. The van der Waals surface area contributed by atoms with Gasteiger partial charge in [0, 0.05) is 12.1 Å². The van der Waals surface area contributed by atoms with Gasteiger partial charge in [-0.1, -0.05) is 67.6 Å². The minimum atomic E-state index is -0.370. The van der Waals surface area contributed by atoms with Gasteiger partial charge in [-0.3, -0.25) is 4.79 Å². The number of benzene rings is 2. The number of nitrogens with zero attached hydrogens (tertiary/aromatic N) is 3. The van der Waals surface area contributed by atoms with Crippen molar-refractivity contribution in [3.05, 3.63) is 71.0 Å². The molecule has 0 unspecified atom stereocenters. The van der Waals surface area contributed by atoms with Crippen molar-refractivity contribution in [1.82, 2.24) is 14.9 Å². The zero-order valence-electron chi connectivity index (χ0n) is 16.8. The molecule has 1 aliphatic heterocycles. The lowest BCUT2D eigenvalue weighted by molar-refractivity contribution is -0.116. The number of thioether (sulfide) groups is 1. The number of rotatable bonds is 5. The van der Waals surface area contributed by atoms with Crippen molar-refractivity contribution in [2.75, 3.05) is 10.7 Å². The second kappa shape index (κ2) is 8.29. The molecule has 1 aliphatic rings. The van der Waals surface area contributed by atoms with Crippen LogP contribution in [0, 0.1) is 6.92 Å². The van der Waals surface area contributed by atoms with E-state index in [2.05, 4.69) is 59.1 Å². The van der Waals surface area contributed by atoms with Crippen LogP contribution in [-0.2, 0) is 17.6 Å². The molecule has 0 radical (unpaired) electrons. The number of hydrogen-bond acceptors (Lipinski definition) is 5. The Morgan fingerprint density at radius 3 is 2.45 bits per heavy atom. The summed E-state index contributed by atoms with van der Waals surface area (Å²) in [5.41, 5.74) is 7.77. The third kappa shape index (κ3) is 4.00. The van der Waals surface area contributed by atoms with Gasteiger partial charge in [0.15, 0.2) is 5.82 Å². The Kier molecular flexibility index (Phi) is 5.58. The van der Waals surface area contributed by atoms with Crippen LogP contribution in [0.5, 0.6) is 0 Å². The summed E-state index contributed by atoms with van der Waals surface area (Å²) < 4.78 is 1.91. The van der Waals surface area contributed by atoms with E-state index in [0.29, 0.717) is 5.16 Å². The topological polar surface area (TPSA) is 71.8 Å². The molecule has 0 saturated heterocycles. The third-order valence-corrected chi connectivity index (χ3v) is 6.36. The molecule has 0 saturated carbocycles. The first-order valence-corrected chi connectivity index (χ1v) is 10.8. The van der Waals surface area contributed by atoms with Gasteiger partial charge in [-0.15, -0.1) is 10.2 Å². The first-order chi connectivity index (χ1) is 14.1. The van der Waals surface area contributed by atoms with Crippen molar-refractivity contribution in [3.63, 3.8) is 0 Å². The van der Waals surface area contributed by atoms with Crippen LogP contribution in [0.3, 0.4) is 0 Å². The van der Waals surface area contributed by atoms with Crippen molar-refractivity contribution in [2.24, 2.45) is 0 Å². The standard InChI is InChI=1S/C22H25N5OS/c1-4-15-8-12-17(13-9-15)23-21(28)20-19(16-10-6-14(3)7-11-16)26-27-18(5-2)24-25-22(27)29-20/h6-13,19-20,26H,4-5H2,1-3H3,(H,23,28)/t19-,20+/m1/s1. The first kappa shape index (κ1) is 19.5. The highest BCUT2D eigenvalue weighted by Crippen LogP contribution is 2.37. The van der Waals surface area contributed by atoms with Gasteiger partial charge in [0.1, 0.15) is 5.25 Å². The number of fused-ring (bicyclic) bond motifs is 1. The SMILES string of the molecule is CCc1ccc(NC(=O)[C@H]2Sc3nnc(CC)n3N[C@@H]2c2ccc(C)cc2)cc1. The highest BCUT2D eigenvalue weighted by atomic mass is 32.2. The molecule has 2 aromatic carbocycles.